The summed E-state index contributed by atoms with van der Waals surface area (Å²) in [7, 11) is 0. The maximum atomic E-state index is 15.1. The van der Waals surface area contributed by atoms with Gasteiger partial charge in [0, 0.05) is 72.7 Å². The van der Waals surface area contributed by atoms with Crippen molar-refractivity contribution in [3.05, 3.63) is 77.8 Å². The summed E-state index contributed by atoms with van der Waals surface area (Å²) >= 11 is 0. The van der Waals surface area contributed by atoms with E-state index in [2.05, 4.69) is 47.0 Å². The number of nitrogens with zero attached hydrogens (tertiary/aromatic N) is 6. The zero-order chi connectivity index (χ0) is 29.5. The van der Waals surface area contributed by atoms with Gasteiger partial charge in [0.15, 0.2) is 24.1 Å². The summed E-state index contributed by atoms with van der Waals surface area (Å²) in [5, 5.41) is 11.2. The summed E-state index contributed by atoms with van der Waals surface area (Å²) in [4.78, 5) is 20.9. The molecule has 42 heavy (non-hydrogen) atoms. The minimum atomic E-state index is -0.404. The molecule has 2 fully saturated rings. The highest BCUT2D eigenvalue weighted by Gasteiger charge is 2.26. The van der Waals surface area contributed by atoms with Crippen molar-refractivity contribution in [2.45, 2.75) is 39.5 Å². The molecule has 1 saturated heterocycles. The van der Waals surface area contributed by atoms with Crippen molar-refractivity contribution in [1.29, 1.82) is 0 Å². The van der Waals surface area contributed by atoms with E-state index in [0.29, 0.717) is 41.9 Å². The number of benzene rings is 1. The molecule has 1 aliphatic heterocycles. The highest BCUT2D eigenvalue weighted by Crippen LogP contribution is 2.39. The highest BCUT2D eigenvalue weighted by atomic mass is 19.1. The number of ether oxygens (including phenoxy) is 1. The predicted molar refractivity (Wildman–Crippen MR) is 167 cm³/mol. The summed E-state index contributed by atoms with van der Waals surface area (Å²) in [5.41, 5.74) is 2.74. The summed E-state index contributed by atoms with van der Waals surface area (Å²) in [5.74, 6) is 3.11. The first-order valence-corrected chi connectivity index (χ1v) is 14.4. The number of hydrogen-bond donors (Lipinski definition) is 3. The molecule has 6 rings (SSSR count). The van der Waals surface area contributed by atoms with Crippen molar-refractivity contribution >= 4 is 35.1 Å². The average molecular weight is 572 g/mol. The van der Waals surface area contributed by atoms with Crippen LogP contribution in [0.25, 0.3) is 10.9 Å². The lowest BCUT2D eigenvalue weighted by atomic mass is 10.2. The van der Waals surface area contributed by atoms with Gasteiger partial charge in [-0.1, -0.05) is 19.9 Å². The lowest BCUT2D eigenvalue weighted by Crippen LogP contribution is -2.48. The minimum Gasteiger partial charge on any atom is -0.468 e. The molecule has 0 amide bonds. The standard InChI is InChI=1S/C29H32FN9O.C2H6/c1-19-15-21-22(34-19)8-9-24(29(21)30)40-18-33-28(39-13-11-38(12-14-39)27-5-3-4-10-32-27)17-25(31-2)35-26-16-23(36-37-26)20-6-7-20;1-2/h3-5,8-10,15-17,20,34H,2,6-7,11-14,18H2,1H3,(H2,35,36,37);1-2H3/b25-17+,33-28+;. The molecule has 1 aliphatic carbocycles. The average Bonchev–Trinajstić information content (AvgIpc) is 3.65. The van der Waals surface area contributed by atoms with Crippen LogP contribution >= 0.6 is 0 Å². The molecule has 220 valence electrons. The van der Waals surface area contributed by atoms with Crippen LogP contribution in [0.2, 0.25) is 0 Å². The van der Waals surface area contributed by atoms with Gasteiger partial charge in [-0.25, -0.2) is 19.4 Å². The van der Waals surface area contributed by atoms with Gasteiger partial charge in [0.1, 0.15) is 17.5 Å². The Labute approximate surface area is 245 Å². The zero-order valence-corrected chi connectivity index (χ0v) is 24.4. The molecule has 3 N–H and O–H groups in total. The second kappa shape index (κ2) is 13.3. The van der Waals surface area contributed by atoms with Gasteiger partial charge in [-0.15, -0.1) is 0 Å². The molecule has 2 aliphatic rings. The smallest absolute Gasteiger partial charge is 0.181 e. The Balaban J connectivity index is 0.00000173. The van der Waals surface area contributed by atoms with Gasteiger partial charge < -0.3 is 24.8 Å². The molecule has 10 nitrogen and oxygen atoms in total. The second-order valence-corrected chi connectivity index (χ2v) is 10.0. The van der Waals surface area contributed by atoms with Gasteiger partial charge >= 0.3 is 0 Å². The van der Waals surface area contributed by atoms with Crippen LogP contribution in [0, 0.1) is 12.7 Å². The number of piperazine rings is 1. The number of pyridine rings is 1. The summed E-state index contributed by atoms with van der Waals surface area (Å²) < 4.78 is 20.9. The Morgan fingerprint density at radius 3 is 2.69 bits per heavy atom. The molecular weight excluding hydrogens is 533 g/mol. The molecule has 0 radical (unpaired) electrons. The topological polar surface area (TPSA) is 110 Å². The van der Waals surface area contributed by atoms with E-state index < -0.39 is 5.82 Å². The van der Waals surface area contributed by atoms with Gasteiger partial charge in [0.05, 0.1) is 0 Å². The molecule has 0 spiro atoms. The van der Waals surface area contributed by atoms with E-state index in [1.165, 1.54) is 12.8 Å². The number of anilines is 2. The largest absolute Gasteiger partial charge is 0.468 e. The Hall–Kier alpha value is -4.67. The first-order valence-electron chi connectivity index (χ1n) is 14.4. The first-order chi connectivity index (χ1) is 20.6. The monoisotopic (exact) mass is 571 g/mol. The van der Waals surface area contributed by atoms with Crippen LogP contribution in [0.3, 0.4) is 0 Å². The number of H-pyrrole nitrogens is 2. The Morgan fingerprint density at radius 2 is 1.98 bits per heavy atom. The number of aryl methyl sites for hydroxylation is 1. The van der Waals surface area contributed by atoms with E-state index in [9.17, 15) is 0 Å². The number of rotatable bonds is 9. The molecule has 3 aromatic heterocycles. The summed E-state index contributed by atoms with van der Waals surface area (Å²) in [6, 6.07) is 13.1. The van der Waals surface area contributed by atoms with E-state index in [1.54, 1.807) is 18.3 Å². The quantitative estimate of drug-likeness (QED) is 0.172. The molecule has 1 saturated carbocycles. The second-order valence-electron chi connectivity index (χ2n) is 10.0. The number of nitrogens with one attached hydrogen (secondary N) is 3. The van der Waals surface area contributed by atoms with Crippen LogP contribution in [0.15, 0.2) is 70.5 Å². The van der Waals surface area contributed by atoms with E-state index in [0.717, 1.165) is 35.8 Å². The maximum Gasteiger partial charge on any atom is 0.181 e. The highest BCUT2D eigenvalue weighted by molar-refractivity contribution is 5.94. The van der Waals surface area contributed by atoms with Crippen molar-refractivity contribution in [1.82, 2.24) is 25.1 Å². The summed E-state index contributed by atoms with van der Waals surface area (Å²) in [6.07, 6.45) is 6.00. The van der Waals surface area contributed by atoms with Crippen LogP contribution in [0.4, 0.5) is 16.0 Å². The Bertz CT molecular complexity index is 1550. The van der Waals surface area contributed by atoms with Crippen LogP contribution in [0.5, 0.6) is 5.75 Å². The number of aromatic amines is 2. The number of fused-ring (bicyclic) bond motifs is 1. The van der Waals surface area contributed by atoms with Crippen molar-refractivity contribution < 1.29 is 9.13 Å². The predicted octanol–water partition coefficient (Wildman–Crippen LogP) is 5.85. The SMILES string of the molecule is C=N/C(=C\C(=N/COc1ccc2[nH]c(C)cc2c1F)N1CCN(c2ccccn2)CC1)Nc1cc(C2CC2)[nH]n1.CC. The maximum absolute atomic E-state index is 15.1. The van der Waals surface area contributed by atoms with Crippen LogP contribution < -0.4 is 15.0 Å². The number of halogens is 1. The van der Waals surface area contributed by atoms with Crippen LogP contribution in [-0.2, 0) is 0 Å². The third-order valence-corrected chi connectivity index (χ3v) is 7.17. The van der Waals surface area contributed by atoms with Gasteiger partial charge in [-0.05, 0) is 56.8 Å². The van der Waals surface area contributed by atoms with Crippen LogP contribution in [-0.4, -0.2) is 70.5 Å². The fourth-order valence-electron chi connectivity index (χ4n) is 4.89. The van der Waals surface area contributed by atoms with Crippen molar-refractivity contribution in [3.63, 3.8) is 0 Å². The molecule has 0 bridgehead atoms. The molecule has 1 aromatic carbocycles. The minimum absolute atomic E-state index is 0.0588. The van der Waals surface area contributed by atoms with Gasteiger partial charge in [-0.3, -0.25) is 5.10 Å². The molecular formula is C31H38FN9O. The zero-order valence-electron chi connectivity index (χ0n) is 24.4. The fourth-order valence-corrected chi connectivity index (χ4v) is 4.89. The van der Waals surface area contributed by atoms with Crippen molar-refractivity contribution in [3.8, 4) is 5.75 Å². The first kappa shape index (κ1) is 28.8. The number of aliphatic imine (C=N–C) groups is 2. The third-order valence-electron chi connectivity index (χ3n) is 7.17. The molecule has 4 aromatic rings. The lowest BCUT2D eigenvalue weighted by molar-refractivity contribution is 0.309. The summed E-state index contributed by atoms with van der Waals surface area (Å²) in [6.45, 7) is 12.6. The Morgan fingerprint density at radius 1 is 1.17 bits per heavy atom. The van der Waals surface area contributed by atoms with Crippen LogP contribution in [0.1, 0.15) is 44.0 Å². The molecule has 0 atom stereocenters. The fraction of sp³-hybridized carbons (Fsp3) is 0.355. The molecule has 11 heteroatoms. The normalized spacial score (nSPS) is 15.8. The van der Waals surface area contributed by atoms with Crippen molar-refractivity contribution in [2.75, 3.05) is 43.1 Å². The van der Waals surface area contributed by atoms with E-state index in [1.807, 2.05) is 57.2 Å². The van der Waals surface area contributed by atoms with Gasteiger partial charge in [-0.2, -0.15) is 5.10 Å². The molecule has 4 heterocycles. The molecule has 0 unspecified atom stereocenters. The van der Waals surface area contributed by atoms with Gasteiger partial charge in [0.25, 0.3) is 0 Å². The number of hydrogen-bond acceptors (Lipinski definition) is 7. The van der Waals surface area contributed by atoms with Crippen molar-refractivity contribution in [2.24, 2.45) is 9.98 Å². The van der Waals surface area contributed by atoms with Gasteiger partial charge in [0.2, 0.25) is 0 Å². The Kier molecular flexibility index (Phi) is 9.15. The number of amidine groups is 1. The lowest BCUT2D eigenvalue weighted by Gasteiger charge is -2.36. The van der Waals surface area contributed by atoms with E-state index in [4.69, 9.17) is 9.73 Å². The van der Waals surface area contributed by atoms with E-state index in [-0.39, 0.29) is 12.5 Å². The van der Waals surface area contributed by atoms with E-state index >= 15 is 4.39 Å². The third kappa shape index (κ3) is 6.79. The number of aromatic nitrogens is 4.